The van der Waals surface area contributed by atoms with Crippen molar-refractivity contribution < 1.29 is 23.8 Å². The monoisotopic (exact) mass is 297 g/mol. The van der Waals surface area contributed by atoms with Gasteiger partial charge in [0.25, 0.3) is 5.91 Å². The van der Waals surface area contributed by atoms with E-state index in [1.165, 1.54) is 23.1 Å². The predicted octanol–water partition coefficient (Wildman–Crippen LogP) is 2.30. The van der Waals surface area contributed by atoms with Crippen LogP contribution in [0.15, 0.2) is 24.3 Å². The maximum absolute atomic E-state index is 13.1. The van der Waals surface area contributed by atoms with Gasteiger partial charge in [0.2, 0.25) is 0 Å². The lowest BCUT2D eigenvalue weighted by molar-refractivity contribution is -0.142. The highest BCUT2D eigenvalue weighted by atomic mass is 19.1. The van der Waals surface area contributed by atoms with E-state index < -0.39 is 17.9 Å². The fourth-order valence-corrected chi connectivity index (χ4v) is 1.87. The Hall–Kier alpha value is -2.11. The number of rotatable bonds is 7. The molecule has 0 aromatic heterocycles. The number of hydrogen-bond acceptors (Lipinski definition) is 3. The van der Waals surface area contributed by atoms with Crippen molar-refractivity contribution in [1.29, 1.82) is 0 Å². The minimum Gasteiger partial charge on any atom is -0.481 e. The van der Waals surface area contributed by atoms with Crippen molar-refractivity contribution in [2.45, 2.75) is 39.3 Å². The summed E-state index contributed by atoms with van der Waals surface area (Å²) in [6, 6.07) is 5.39. The third kappa shape index (κ3) is 5.41. The van der Waals surface area contributed by atoms with Gasteiger partial charge in [0.05, 0.1) is 6.42 Å². The topological polar surface area (TPSA) is 66.8 Å². The van der Waals surface area contributed by atoms with Crippen LogP contribution in [0.4, 0.5) is 4.39 Å². The number of hydrogen-bond donors (Lipinski definition) is 1. The first-order valence-corrected chi connectivity index (χ1v) is 6.75. The molecule has 21 heavy (non-hydrogen) atoms. The standard InChI is InChI=1S/C15H20FNO4/c1-10(2)17(8-7-14(18)19)15(20)11(3)21-13-6-4-5-12(16)9-13/h4-6,9-11H,7-8H2,1-3H3,(H,18,19). The second-order valence-electron chi connectivity index (χ2n) is 4.99. The van der Waals surface area contributed by atoms with Gasteiger partial charge in [0.15, 0.2) is 6.10 Å². The van der Waals surface area contributed by atoms with Gasteiger partial charge >= 0.3 is 5.97 Å². The summed E-state index contributed by atoms with van der Waals surface area (Å²) in [4.78, 5) is 24.4. The van der Waals surface area contributed by atoms with Gasteiger partial charge in [-0.2, -0.15) is 0 Å². The molecule has 1 aromatic carbocycles. The number of carbonyl (C=O) groups is 2. The second kappa shape index (κ2) is 7.61. The summed E-state index contributed by atoms with van der Waals surface area (Å²) in [6.45, 7) is 5.27. The molecular weight excluding hydrogens is 277 g/mol. The van der Waals surface area contributed by atoms with E-state index in [0.717, 1.165) is 0 Å². The molecule has 1 unspecified atom stereocenters. The van der Waals surface area contributed by atoms with E-state index in [1.54, 1.807) is 26.8 Å². The molecule has 1 aromatic rings. The van der Waals surface area contributed by atoms with Crippen molar-refractivity contribution in [2.75, 3.05) is 6.54 Å². The molecule has 0 saturated heterocycles. The first-order valence-electron chi connectivity index (χ1n) is 6.75. The Bertz CT molecular complexity index is 504. The smallest absolute Gasteiger partial charge is 0.305 e. The molecule has 1 amide bonds. The Morgan fingerprint density at radius 3 is 2.52 bits per heavy atom. The van der Waals surface area contributed by atoms with Gasteiger partial charge in [0, 0.05) is 18.7 Å². The van der Waals surface area contributed by atoms with Crippen LogP contribution in [-0.4, -0.2) is 40.6 Å². The van der Waals surface area contributed by atoms with Gasteiger partial charge in [-0.15, -0.1) is 0 Å². The highest BCUT2D eigenvalue weighted by molar-refractivity contribution is 5.81. The minimum atomic E-state index is -0.966. The number of benzene rings is 1. The number of nitrogens with zero attached hydrogens (tertiary/aromatic N) is 1. The molecule has 1 atom stereocenters. The van der Waals surface area contributed by atoms with Gasteiger partial charge in [-0.05, 0) is 32.9 Å². The Morgan fingerprint density at radius 2 is 2.00 bits per heavy atom. The van der Waals surface area contributed by atoms with E-state index in [1.807, 2.05) is 0 Å². The zero-order valence-corrected chi connectivity index (χ0v) is 12.4. The average molecular weight is 297 g/mol. The van der Waals surface area contributed by atoms with Gasteiger partial charge < -0.3 is 14.7 Å². The molecule has 1 rings (SSSR count). The lowest BCUT2D eigenvalue weighted by Gasteiger charge is -2.29. The van der Waals surface area contributed by atoms with Crippen LogP contribution in [-0.2, 0) is 9.59 Å². The maximum Gasteiger partial charge on any atom is 0.305 e. The van der Waals surface area contributed by atoms with Crippen LogP contribution in [0.2, 0.25) is 0 Å². The Morgan fingerprint density at radius 1 is 1.33 bits per heavy atom. The van der Waals surface area contributed by atoms with Crippen LogP contribution in [0.3, 0.4) is 0 Å². The van der Waals surface area contributed by atoms with Crippen LogP contribution in [0.25, 0.3) is 0 Å². The third-order valence-electron chi connectivity index (χ3n) is 2.93. The summed E-state index contributed by atoms with van der Waals surface area (Å²) in [5.41, 5.74) is 0. The number of halogens is 1. The molecule has 0 aliphatic heterocycles. The summed E-state index contributed by atoms with van der Waals surface area (Å²) < 4.78 is 18.5. The summed E-state index contributed by atoms with van der Waals surface area (Å²) in [7, 11) is 0. The largest absolute Gasteiger partial charge is 0.481 e. The Labute approximate surface area is 123 Å². The SMILES string of the molecule is CC(Oc1cccc(F)c1)C(=O)N(CCC(=O)O)C(C)C. The van der Waals surface area contributed by atoms with E-state index >= 15 is 0 Å². The van der Waals surface area contributed by atoms with Gasteiger partial charge in [-0.25, -0.2) is 4.39 Å². The first kappa shape index (κ1) is 16.9. The molecule has 0 aliphatic carbocycles. The maximum atomic E-state index is 13.1. The van der Waals surface area contributed by atoms with Crippen LogP contribution in [0, 0.1) is 5.82 Å². The van der Waals surface area contributed by atoms with Crippen molar-refractivity contribution >= 4 is 11.9 Å². The summed E-state index contributed by atoms with van der Waals surface area (Å²) >= 11 is 0. The van der Waals surface area contributed by atoms with E-state index in [9.17, 15) is 14.0 Å². The van der Waals surface area contributed by atoms with E-state index in [0.29, 0.717) is 0 Å². The van der Waals surface area contributed by atoms with E-state index in [-0.39, 0.29) is 30.7 Å². The zero-order valence-electron chi connectivity index (χ0n) is 12.4. The molecule has 0 spiro atoms. The van der Waals surface area contributed by atoms with Crippen LogP contribution in [0.5, 0.6) is 5.75 Å². The van der Waals surface area contributed by atoms with Gasteiger partial charge in [-0.3, -0.25) is 9.59 Å². The van der Waals surface area contributed by atoms with Crippen molar-refractivity contribution in [2.24, 2.45) is 0 Å². The van der Waals surface area contributed by atoms with Crippen molar-refractivity contribution in [3.63, 3.8) is 0 Å². The molecule has 6 heteroatoms. The normalized spacial score (nSPS) is 12.0. The molecule has 116 valence electrons. The first-order chi connectivity index (χ1) is 9.81. The van der Waals surface area contributed by atoms with Crippen molar-refractivity contribution in [3.05, 3.63) is 30.1 Å². The van der Waals surface area contributed by atoms with Gasteiger partial charge in [-0.1, -0.05) is 6.07 Å². The number of carbonyl (C=O) groups excluding carboxylic acids is 1. The molecule has 1 N–H and O–H groups in total. The number of carboxylic acids is 1. The van der Waals surface area contributed by atoms with Crippen LogP contribution >= 0.6 is 0 Å². The number of carboxylic acid groups (broad SMARTS) is 1. The minimum absolute atomic E-state index is 0.114. The molecule has 0 radical (unpaired) electrons. The van der Waals surface area contributed by atoms with E-state index in [2.05, 4.69) is 0 Å². The Kier molecular flexibility index (Phi) is 6.14. The predicted molar refractivity (Wildman–Crippen MR) is 75.6 cm³/mol. The highest BCUT2D eigenvalue weighted by Gasteiger charge is 2.24. The molecule has 0 saturated carbocycles. The average Bonchev–Trinajstić information content (AvgIpc) is 2.37. The summed E-state index contributed by atoms with van der Waals surface area (Å²) in [5, 5.41) is 8.72. The van der Waals surface area contributed by atoms with Crippen molar-refractivity contribution in [1.82, 2.24) is 4.90 Å². The number of amides is 1. The van der Waals surface area contributed by atoms with Crippen LogP contribution < -0.4 is 4.74 Å². The number of ether oxygens (including phenoxy) is 1. The number of aliphatic carboxylic acids is 1. The third-order valence-corrected chi connectivity index (χ3v) is 2.93. The summed E-state index contributed by atoms with van der Waals surface area (Å²) in [5.74, 6) is -1.47. The Balaban J connectivity index is 2.71. The van der Waals surface area contributed by atoms with Crippen LogP contribution in [0.1, 0.15) is 27.2 Å². The zero-order chi connectivity index (χ0) is 16.0. The molecular formula is C15H20FNO4. The highest BCUT2D eigenvalue weighted by Crippen LogP contribution is 2.15. The molecule has 5 nitrogen and oxygen atoms in total. The van der Waals surface area contributed by atoms with Crippen molar-refractivity contribution in [3.8, 4) is 5.75 Å². The van der Waals surface area contributed by atoms with E-state index in [4.69, 9.17) is 9.84 Å². The lowest BCUT2D eigenvalue weighted by Crippen LogP contribution is -2.45. The fraction of sp³-hybridized carbons (Fsp3) is 0.467. The lowest BCUT2D eigenvalue weighted by atomic mass is 10.2. The summed E-state index contributed by atoms with van der Waals surface area (Å²) in [6.07, 6.45) is -0.945. The quantitative estimate of drug-likeness (QED) is 0.838. The second-order valence-corrected chi connectivity index (χ2v) is 4.99. The molecule has 0 bridgehead atoms. The fourth-order valence-electron chi connectivity index (χ4n) is 1.87. The molecule has 0 fully saturated rings. The molecule has 0 aliphatic rings. The van der Waals surface area contributed by atoms with Gasteiger partial charge in [0.1, 0.15) is 11.6 Å². The molecule has 0 heterocycles.